The highest BCUT2D eigenvalue weighted by Crippen LogP contribution is 2.34. The highest BCUT2D eigenvalue weighted by molar-refractivity contribution is 5.96. The molecule has 4 aromatic rings. The summed E-state index contributed by atoms with van der Waals surface area (Å²) in [4.78, 5) is 19.5. The van der Waals surface area contributed by atoms with Crippen molar-refractivity contribution in [3.63, 3.8) is 0 Å². The van der Waals surface area contributed by atoms with E-state index in [0.29, 0.717) is 25.2 Å². The SMILES string of the molecule is CC(C)(C)c1ccc(Cn2c(C3CC(=O)N(c4cccc(F)c4)C3)nc3ccccc32)cc1. The number of nitrogens with zero attached hydrogens (tertiary/aromatic N) is 3. The van der Waals surface area contributed by atoms with E-state index in [0.717, 1.165) is 16.9 Å². The normalized spacial score (nSPS) is 16.7. The number of imidazole rings is 1. The van der Waals surface area contributed by atoms with Gasteiger partial charge in [-0.3, -0.25) is 4.79 Å². The molecule has 1 aliphatic rings. The van der Waals surface area contributed by atoms with Gasteiger partial charge in [-0.05, 0) is 46.9 Å². The molecule has 1 saturated heterocycles. The van der Waals surface area contributed by atoms with E-state index >= 15 is 0 Å². The summed E-state index contributed by atoms with van der Waals surface area (Å²) in [6.45, 7) is 7.82. The van der Waals surface area contributed by atoms with Gasteiger partial charge in [-0.25, -0.2) is 9.37 Å². The fraction of sp³-hybridized carbons (Fsp3) is 0.286. The van der Waals surface area contributed by atoms with Crippen LogP contribution in [0.4, 0.5) is 10.1 Å². The van der Waals surface area contributed by atoms with Crippen LogP contribution in [0.5, 0.6) is 0 Å². The van der Waals surface area contributed by atoms with Gasteiger partial charge in [-0.15, -0.1) is 0 Å². The lowest BCUT2D eigenvalue weighted by Crippen LogP contribution is -2.24. The number of para-hydroxylation sites is 2. The van der Waals surface area contributed by atoms with E-state index in [9.17, 15) is 9.18 Å². The first-order valence-corrected chi connectivity index (χ1v) is 11.4. The summed E-state index contributed by atoms with van der Waals surface area (Å²) in [5.41, 5.74) is 5.19. The van der Waals surface area contributed by atoms with Crippen LogP contribution in [0.25, 0.3) is 11.0 Å². The van der Waals surface area contributed by atoms with Crippen molar-refractivity contribution in [3.05, 3.63) is 95.6 Å². The molecule has 1 amide bonds. The molecule has 0 aliphatic carbocycles. The molecule has 1 atom stereocenters. The standard InChI is InChI=1S/C28H28FN3O/c1-28(2,3)21-13-11-19(12-14-21)17-32-25-10-5-4-9-24(25)30-27(32)20-15-26(33)31(18-20)23-8-6-7-22(29)16-23/h4-14,16,20H,15,17-18H2,1-3H3. The summed E-state index contributed by atoms with van der Waals surface area (Å²) in [5.74, 6) is 0.513. The van der Waals surface area contributed by atoms with Crippen molar-refractivity contribution >= 4 is 22.6 Å². The molecule has 1 fully saturated rings. The molecule has 5 heteroatoms. The maximum absolute atomic E-state index is 13.8. The topological polar surface area (TPSA) is 38.1 Å². The molecule has 0 N–H and O–H groups in total. The van der Waals surface area contributed by atoms with Gasteiger partial charge in [-0.2, -0.15) is 0 Å². The third kappa shape index (κ3) is 4.15. The first kappa shape index (κ1) is 21.4. The predicted octanol–water partition coefficient (Wildman–Crippen LogP) is 6.04. The number of anilines is 1. The summed E-state index contributed by atoms with van der Waals surface area (Å²) >= 11 is 0. The Morgan fingerprint density at radius 2 is 1.76 bits per heavy atom. The highest BCUT2D eigenvalue weighted by Gasteiger charge is 2.35. The van der Waals surface area contributed by atoms with Gasteiger partial charge < -0.3 is 9.47 Å². The van der Waals surface area contributed by atoms with Crippen LogP contribution in [0, 0.1) is 5.82 Å². The van der Waals surface area contributed by atoms with Crippen molar-refractivity contribution in [1.29, 1.82) is 0 Å². The first-order chi connectivity index (χ1) is 15.8. The van der Waals surface area contributed by atoms with E-state index in [-0.39, 0.29) is 23.1 Å². The Morgan fingerprint density at radius 1 is 1.00 bits per heavy atom. The van der Waals surface area contributed by atoms with Gasteiger partial charge in [0, 0.05) is 31.1 Å². The zero-order valence-corrected chi connectivity index (χ0v) is 19.3. The van der Waals surface area contributed by atoms with Gasteiger partial charge >= 0.3 is 0 Å². The van der Waals surface area contributed by atoms with Gasteiger partial charge in [0.25, 0.3) is 0 Å². The van der Waals surface area contributed by atoms with Crippen molar-refractivity contribution in [2.45, 2.75) is 45.1 Å². The average molecular weight is 442 g/mol. The molecular weight excluding hydrogens is 413 g/mol. The molecule has 0 saturated carbocycles. The molecule has 4 nitrogen and oxygen atoms in total. The molecule has 3 aromatic carbocycles. The first-order valence-electron chi connectivity index (χ1n) is 11.4. The smallest absolute Gasteiger partial charge is 0.227 e. The minimum Gasteiger partial charge on any atom is -0.323 e. The van der Waals surface area contributed by atoms with Gasteiger partial charge in [0.1, 0.15) is 11.6 Å². The summed E-state index contributed by atoms with van der Waals surface area (Å²) in [7, 11) is 0. The molecular formula is C28H28FN3O. The number of halogens is 1. The van der Waals surface area contributed by atoms with Gasteiger partial charge in [-0.1, -0.05) is 63.2 Å². The lowest BCUT2D eigenvalue weighted by molar-refractivity contribution is -0.117. The molecule has 1 unspecified atom stereocenters. The molecule has 33 heavy (non-hydrogen) atoms. The lowest BCUT2D eigenvalue weighted by atomic mass is 9.87. The second-order valence-electron chi connectivity index (χ2n) is 9.88. The number of hydrogen-bond donors (Lipinski definition) is 0. The van der Waals surface area contributed by atoms with Crippen molar-refractivity contribution in [3.8, 4) is 0 Å². The Bertz CT molecular complexity index is 1320. The van der Waals surface area contributed by atoms with Crippen molar-refractivity contribution in [1.82, 2.24) is 9.55 Å². The molecule has 0 spiro atoms. The van der Waals surface area contributed by atoms with Gasteiger partial charge in [0.05, 0.1) is 11.0 Å². The fourth-order valence-electron chi connectivity index (χ4n) is 4.64. The van der Waals surface area contributed by atoms with E-state index in [1.165, 1.54) is 23.3 Å². The Morgan fingerprint density at radius 3 is 2.48 bits per heavy atom. The molecule has 1 aromatic heterocycles. The fourth-order valence-corrected chi connectivity index (χ4v) is 4.64. The van der Waals surface area contributed by atoms with Crippen LogP contribution >= 0.6 is 0 Å². The Labute approximate surface area is 193 Å². The molecule has 0 bridgehead atoms. The van der Waals surface area contributed by atoms with E-state index in [4.69, 9.17) is 4.98 Å². The number of carbonyl (C=O) groups is 1. The zero-order valence-electron chi connectivity index (χ0n) is 19.3. The minimum atomic E-state index is -0.338. The van der Waals surface area contributed by atoms with Crippen molar-refractivity contribution in [2.75, 3.05) is 11.4 Å². The third-order valence-corrected chi connectivity index (χ3v) is 6.45. The van der Waals surface area contributed by atoms with Crippen LogP contribution < -0.4 is 4.90 Å². The van der Waals surface area contributed by atoms with Crippen LogP contribution in [0.2, 0.25) is 0 Å². The van der Waals surface area contributed by atoms with Gasteiger partial charge in [0.15, 0.2) is 0 Å². The van der Waals surface area contributed by atoms with Crippen molar-refractivity contribution < 1.29 is 9.18 Å². The highest BCUT2D eigenvalue weighted by atomic mass is 19.1. The number of fused-ring (bicyclic) bond motifs is 1. The number of benzene rings is 3. The quantitative estimate of drug-likeness (QED) is 0.387. The third-order valence-electron chi connectivity index (χ3n) is 6.45. The van der Waals surface area contributed by atoms with E-state index in [1.807, 2.05) is 18.2 Å². The summed E-state index contributed by atoms with van der Waals surface area (Å²) in [6, 6.07) is 23.1. The van der Waals surface area contributed by atoms with Gasteiger partial charge in [0.2, 0.25) is 5.91 Å². The van der Waals surface area contributed by atoms with E-state index in [1.54, 1.807) is 17.0 Å². The summed E-state index contributed by atoms with van der Waals surface area (Å²) in [6.07, 6.45) is 0.364. The maximum atomic E-state index is 13.8. The van der Waals surface area contributed by atoms with E-state index < -0.39 is 0 Å². The van der Waals surface area contributed by atoms with E-state index in [2.05, 4.69) is 55.7 Å². The number of carbonyl (C=O) groups excluding carboxylic acids is 1. The summed E-state index contributed by atoms with van der Waals surface area (Å²) in [5, 5.41) is 0. The molecule has 5 rings (SSSR count). The number of aromatic nitrogens is 2. The molecule has 0 radical (unpaired) electrons. The van der Waals surface area contributed by atoms with Crippen LogP contribution in [-0.4, -0.2) is 22.0 Å². The molecule has 1 aliphatic heterocycles. The number of amides is 1. The average Bonchev–Trinajstić information content (AvgIpc) is 3.34. The zero-order chi connectivity index (χ0) is 23.2. The number of hydrogen-bond acceptors (Lipinski definition) is 2. The summed E-state index contributed by atoms with van der Waals surface area (Å²) < 4.78 is 16.0. The van der Waals surface area contributed by atoms with Crippen LogP contribution in [-0.2, 0) is 16.8 Å². The Hall–Kier alpha value is -3.47. The molecule has 168 valence electrons. The maximum Gasteiger partial charge on any atom is 0.227 e. The second kappa shape index (κ2) is 8.14. The monoisotopic (exact) mass is 441 g/mol. The van der Waals surface area contributed by atoms with Crippen LogP contribution in [0.1, 0.15) is 50.1 Å². The van der Waals surface area contributed by atoms with Crippen LogP contribution in [0.3, 0.4) is 0 Å². The number of rotatable bonds is 4. The Kier molecular flexibility index (Phi) is 5.28. The predicted molar refractivity (Wildman–Crippen MR) is 130 cm³/mol. The minimum absolute atomic E-state index is 0.00117. The van der Waals surface area contributed by atoms with Crippen LogP contribution in [0.15, 0.2) is 72.8 Å². The largest absolute Gasteiger partial charge is 0.323 e. The lowest BCUT2D eigenvalue weighted by Gasteiger charge is -2.20. The molecule has 2 heterocycles. The second-order valence-corrected chi connectivity index (χ2v) is 9.88. The Balaban J connectivity index is 1.49. The van der Waals surface area contributed by atoms with Crippen molar-refractivity contribution in [2.24, 2.45) is 0 Å².